The maximum Gasteiger partial charge on any atom is 0.315 e. The molecule has 182 valence electrons. The Morgan fingerprint density at radius 1 is 1.16 bits per heavy atom. The molecular formula is C24H42N4O3S. The molecule has 5 atom stereocenters. The summed E-state index contributed by atoms with van der Waals surface area (Å²) in [5.74, 6) is 1.95. The Labute approximate surface area is 197 Å². The first kappa shape index (κ1) is 24.1. The second kappa shape index (κ2) is 11.9. The minimum Gasteiger partial charge on any atom is -0.385 e. The van der Waals surface area contributed by atoms with Crippen molar-refractivity contribution >= 4 is 23.7 Å². The van der Waals surface area contributed by atoms with Crippen molar-refractivity contribution in [2.45, 2.75) is 87.6 Å². The van der Waals surface area contributed by atoms with Gasteiger partial charge in [-0.15, -0.1) is 0 Å². The van der Waals surface area contributed by atoms with Crippen LogP contribution >= 0.6 is 11.8 Å². The average Bonchev–Trinajstić information content (AvgIpc) is 3.35. The number of carbonyl (C=O) groups excluding carboxylic acids is 2. The van der Waals surface area contributed by atoms with Crippen LogP contribution in [0.25, 0.3) is 0 Å². The minimum atomic E-state index is -0.0218. The Kier molecular flexibility index (Phi) is 9.00. The number of fused-ring (bicyclic) bond motifs is 2. The lowest BCUT2D eigenvalue weighted by Crippen LogP contribution is -2.51. The Morgan fingerprint density at radius 3 is 2.91 bits per heavy atom. The van der Waals surface area contributed by atoms with Crippen molar-refractivity contribution in [2.24, 2.45) is 5.92 Å². The summed E-state index contributed by atoms with van der Waals surface area (Å²) in [6.07, 6.45) is 11.1. The molecule has 0 radical (unpaired) electrons. The molecule has 0 aromatic carbocycles. The summed E-state index contributed by atoms with van der Waals surface area (Å²) in [4.78, 5) is 29.6. The molecule has 4 heterocycles. The van der Waals surface area contributed by atoms with Crippen LogP contribution in [-0.2, 0) is 9.53 Å². The van der Waals surface area contributed by atoms with E-state index in [0.29, 0.717) is 36.1 Å². The normalized spacial score (nSPS) is 32.2. The molecule has 0 bridgehead atoms. The van der Waals surface area contributed by atoms with Gasteiger partial charge in [0.25, 0.3) is 0 Å². The predicted molar refractivity (Wildman–Crippen MR) is 129 cm³/mol. The number of hydrogen-bond donors (Lipinski definition) is 2. The summed E-state index contributed by atoms with van der Waals surface area (Å²) in [5, 5.41) is 6.55. The Morgan fingerprint density at radius 2 is 2.03 bits per heavy atom. The van der Waals surface area contributed by atoms with Crippen LogP contribution in [0.3, 0.4) is 0 Å². The molecule has 0 aliphatic carbocycles. The predicted octanol–water partition coefficient (Wildman–Crippen LogP) is 2.84. The first-order valence-electron chi connectivity index (χ1n) is 12.8. The summed E-state index contributed by atoms with van der Waals surface area (Å²) < 4.78 is 5.26. The van der Waals surface area contributed by atoms with E-state index in [1.165, 1.54) is 45.2 Å². The topological polar surface area (TPSA) is 73.9 Å². The number of urea groups is 1. The van der Waals surface area contributed by atoms with Crippen molar-refractivity contribution in [3.05, 3.63) is 0 Å². The summed E-state index contributed by atoms with van der Waals surface area (Å²) >= 11 is 1.96. The molecule has 8 heteroatoms. The number of amides is 3. The van der Waals surface area contributed by atoms with E-state index in [1.807, 2.05) is 11.8 Å². The molecule has 0 aromatic heterocycles. The highest BCUT2D eigenvalue weighted by atomic mass is 32.2. The third-order valence-electron chi connectivity index (χ3n) is 7.88. The molecule has 4 aliphatic heterocycles. The number of hydrogen-bond acceptors (Lipinski definition) is 5. The minimum absolute atomic E-state index is 0.0218. The van der Waals surface area contributed by atoms with E-state index in [0.717, 1.165) is 44.5 Å². The molecule has 4 saturated heterocycles. The fourth-order valence-electron chi connectivity index (χ4n) is 6.21. The maximum atomic E-state index is 13.2. The molecule has 4 fully saturated rings. The van der Waals surface area contributed by atoms with E-state index in [1.54, 1.807) is 7.11 Å². The van der Waals surface area contributed by atoms with Gasteiger partial charge >= 0.3 is 6.03 Å². The maximum absolute atomic E-state index is 13.2. The van der Waals surface area contributed by atoms with Gasteiger partial charge in [0.15, 0.2) is 0 Å². The van der Waals surface area contributed by atoms with Crippen LogP contribution in [-0.4, -0.2) is 90.8 Å². The Bertz CT molecular complexity index is 634. The van der Waals surface area contributed by atoms with Gasteiger partial charge in [0.05, 0.1) is 12.1 Å². The highest BCUT2D eigenvalue weighted by Gasteiger charge is 2.42. The standard InChI is InChI=1S/C24H42N4O3S/c1-31-15-7-14-28(16-18-8-6-13-27-12-5-4-9-20(18)27)22(29)11-3-2-10-21-23-19(17-32-21)25-24(30)26-23/h18-21,23H,2-17H2,1H3,(H2,25,26,30)/t18-,19-,20+,21+,23-/m0/s1. The SMILES string of the molecule is COCCCN(C[C@@H]1CCCN2CCCC[C@H]12)C(=O)CCCC[C@H]1SC[C@@H]2NC(=O)N[C@@H]21. The van der Waals surface area contributed by atoms with Crippen molar-refractivity contribution in [1.29, 1.82) is 0 Å². The summed E-state index contributed by atoms with van der Waals surface area (Å²) in [5.41, 5.74) is 0. The molecule has 32 heavy (non-hydrogen) atoms. The van der Waals surface area contributed by atoms with E-state index in [9.17, 15) is 9.59 Å². The summed E-state index contributed by atoms with van der Waals surface area (Å²) in [7, 11) is 1.74. The monoisotopic (exact) mass is 466 g/mol. The van der Waals surface area contributed by atoms with Crippen LogP contribution in [0.2, 0.25) is 0 Å². The van der Waals surface area contributed by atoms with E-state index >= 15 is 0 Å². The second-order valence-corrected chi connectivity index (χ2v) is 11.3. The lowest BCUT2D eigenvalue weighted by molar-refractivity contribution is -0.133. The molecule has 2 N–H and O–H groups in total. The van der Waals surface area contributed by atoms with Crippen molar-refractivity contribution in [3.63, 3.8) is 0 Å². The van der Waals surface area contributed by atoms with Crippen LogP contribution in [0.1, 0.15) is 64.2 Å². The first-order valence-corrected chi connectivity index (χ1v) is 13.9. The van der Waals surface area contributed by atoms with E-state index in [2.05, 4.69) is 20.4 Å². The number of thioether (sulfide) groups is 1. The number of carbonyl (C=O) groups is 2. The Hall–Kier alpha value is -0.990. The molecule has 4 rings (SSSR count). The van der Waals surface area contributed by atoms with Crippen LogP contribution in [0.4, 0.5) is 4.79 Å². The second-order valence-electron chi connectivity index (χ2n) is 10.1. The van der Waals surface area contributed by atoms with Crippen molar-refractivity contribution in [2.75, 3.05) is 45.6 Å². The van der Waals surface area contributed by atoms with Crippen LogP contribution in [0.5, 0.6) is 0 Å². The third-order valence-corrected chi connectivity index (χ3v) is 9.39. The molecule has 7 nitrogen and oxygen atoms in total. The van der Waals surface area contributed by atoms with Gasteiger partial charge in [-0.1, -0.05) is 12.8 Å². The highest BCUT2D eigenvalue weighted by molar-refractivity contribution is 8.00. The first-order chi connectivity index (χ1) is 15.7. The van der Waals surface area contributed by atoms with Crippen molar-refractivity contribution < 1.29 is 14.3 Å². The molecule has 0 unspecified atom stereocenters. The molecule has 0 aromatic rings. The number of nitrogens with one attached hydrogen (secondary N) is 2. The van der Waals surface area contributed by atoms with Gasteiger partial charge in [0, 0.05) is 50.3 Å². The fourth-order valence-corrected chi connectivity index (χ4v) is 7.76. The largest absolute Gasteiger partial charge is 0.385 e. The molecular weight excluding hydrogens is 424 g/mol. The average molecular weight is 467 g/mol. The highest BCUT2D eigenvalue weighted by Crippen LogP contribution is 2.34. The van der Waals surface area contributed by atoms with Crippen molar-refractivity contribution in [3.8, 4) is 0 Å². The van der Waals surface area contributed by atoms with Gasteiger partial charge in [0.2, 0.25) is 5.91 Å². The van der Waals surface area contributed by atoms with Crippen LogP contribution in [0, 0.1) is 5.92 Å². The molecule has 4 aliphatic rings. The number of nitrogens with zero attached hydrogens (tertiary/aromatic N) is 2. The number of ether oxygens (including phenoxy) is 1. The van der Waals surface area contributed by atoms with Gasteiger partial charge in [-0.25, -0.2) is 4.79 Å². The zero-order valence-corrected chi connectivity index (χ0v) is 20.5. The van der Waals surface area contributed by atoms with Gasteiger partial charge in [-0.2, -0.15) is 11.8 Å². The Balaban J connectivity index is 1.23. The lowest BCUT2D eigenvalue weighted by Gasteiger charge is -2.45. The van der Waals surface area contributed by atoms with Gasteiger partial charge in [0.1, 0.15) is 0 Å². The number of piperidine rings is 2. The zero-order valence-electron chi connectivity index (χ0n) is 19.7. The van der Waals surface area contributed by atoms with Gasteiger partial charge < -0.3 is 25.2 Å². The fraction of sp³-hybridized carbons (Fsp3) is 0.917. The number of unbranched alkanes of at least 4 members (excludes halogenated alkanes) is 1. The van der Waals surface area contributed by atoms with Gasteiger partial charge in [-0.3, -0.25) is 4.79 Å². The third kappa shape index (κ3) is 6.11. The van der Waals surface area contributed by atoms with Crippen molar-refractivity contribution in [1.82, 2.24) is 20.4 Å². The zero-order chi connectivity index (χ0) is 22.3. The van der Waals surface area contributed by atoms with E-state index < -0.39 is 0 Å². The van der Waals surface area contributed by atoms with Gasteiger partial charge in [-0.05, 0) is 64.0 Å². The van der Waals surface area contributed by atoms with E-state index in [4.69, 9.17) is 4.74 Å². The van der Waals surface area contributed by atoms with Crippen LogP contribution < -0.4 is 10.6 Å². The smallest absolute Gasteiger partial charge is 0.315 e. The number of rotatable bonds is 11. The molecule has 0 saturated carbocycles. The molecule has 0 spiro atoms. The summed E-state index contributed by atoms with van der Waals surface area (Å²) in [6.45, 7) is 4.94. The summed E-state index contributed by atoms with van der Waals surface area (Å²) in [6, 6.07) is 1.20. The van der Waals surface area contributed by atoms with E-state index in [-0.39, 0.29) is 18.1 Å². The number of methoxy groups -OCH3 is 1. The quantitative estimate of drug-likeness (QED) is 0.362. The molecule has 3 amide bonds. The van der Waals surface area contributed by atoms with Crippen LogP contribution in [0.15, 0.2) is 0 Å². The lowest BCUT2D eigenvalue weighted by atomic mass is 9.83.